The summed E-state index contributed by atoms with van der Waals surface area (Å²) < 4.78 is 0. The van der Waals surface area contributed by atoms with Crippen molar-refractivity contribution in [2.24, 2.45) is 5.92 Å². The third kappa shape index (κ3) is 10.7. The number of carboxylic acid groups (broad SMARTS) is 1. The second-order valence-corrected chi connectivity index (χ2v) is 4.20. The third-order valence-corrected chi connectivity index (χ3v) is 2.06. The molecule has 0 saturated heterocycles. The van der Waals surface area contributed by atoms with Crippen LogP contribution in [0.5, 0.6) is 0 Å². The smallest absolute Gasteiger partial charge is 0.305 e. The van der Waals surface area contributed by atoms with Crippen LogP contribution in [0.15, 0.2) is 0 Å². The lowest BCUT2D eigenvalue weighted by Gasteiger charge is -2.07. The van der Waals surface area contributed by atoms with Gasteiger partial charge in [0.05, 0.1) is 13.0 Å². The average Bonchev–Trinajstić information content (AvgIpc) is 2.23. The van der Waals surface area contributed by atoms with Gasteiger partial charge in [0.1, 0.15) is 0 Å². The number of hydrogen-bond donors (Lipinski definition) is 3. The van der Waals surface area contributed by atoms with Crippen molar-refractivity contribution < 1.29 is 19.5 Å². The fourth-order valence-electron chi connectivity index (χ4n) is 1.06. The highest BCUT2D eigenvalue weighted by molar-refractivity contribution is 5.84. The van der Waals surface area contributed by atoms with Crippen molar-refractivity contribution in [2.45, 2.75) is 33.1 Å². The monoisotopic (exact) mass is 244 g/mol. The van der Waals surface area contributed by atoms with Gasteiger partial charge < -0.3 is 15.7 Å². The third-order valence-electron chi connectivity index (χ3n) is 2.06. The lowest BCUT2D eigenvalue weighted by Crippen LogP contribution is -2.37. The van der Waals surface area contributed by atoms with E-state index < -0.39 is 5.97 Å². The molecule has 0 aromatic rings. The molecule has 0 rings (SSSR count). The number of carboxylic acids is 1. The Labute approximate surface area is 101 Å². The lowest BCUT2D eigenvalue weighted by molar-refractivity contribution is -0.137. The van der Waals surface area contributed by atoms with E-state index in [1.54, 1.807) is 0 Å². The summed E-state index contributed by atoms with van der Waals surface area (Å²) in [5, 5.41) is 13.2. The van der Waals surface area contributed by atoms with Crippen LogP contribution in [0.25, 0.3) is 0 Å². The van der Waals surface area contributed by atoms with Crippen molar-refractivity contribution >= 4 is 17.8 Å². The summed E-state index contributed by atoms with van der Waals surface area (Å²) in [4.78, 5) is 32.6. The van der Waals surface area contributed by atoms with Crippen molar-refractivity contribution in [2.75, 3.05) is 13.1 Å². The molecule has 0 spiro atoms. The Bertz CT molecular complexity index is 277. The highest BCUT2D eigenvalue weighted by Crippen LogP contribution is 2.02. The fraction of sp³-hybridized carbons (Fsp3) is 0.727. The first-order chi connectivity index (χ1) is 7.91. The van der Waals surface area contributed by atoms with Crippen molar-refractivity contribution in [3.63, 3.8) is 0 Å². The topological polar surface area (TPSA) is 95.5 Å². The maximum Gasteiger partial charge on any atom is 0.305 e. The molecule has 0 unspecified atom stereocenters. The van der Waals surface area contributed by atoms with Crippen LogP contribution < -0.4 is 10.6 Å². The number of aliphatic carboxylic acids is 1. The van der Waals surface area contributed by atoms with Gasteiger partial charge in [-0.1, -0.05) is 13.8 Å². The SMILES string of the molecule is CC(C)CCC(=O)NCC(=O)NCCC(=O)O. The van der Waals surface area contributed by atoms with E-state index in [1.165, 1.54) is 0 Å². The molecule has 0 aromatic carbocycles. The van der Waals surface area contributed by atoms with Crippen LogP contribution in [-0.2, 0) is 14.4 Å². The molecule has 6 heteroatoms. The summed E-state index contributed by atoms with van der Waals surface area (Å²) in [6, 6.07) is 0. The van der Waals surface area contributed by atoms with Crippen molar-refractivity contribution in [3.05, 3.63) is 0 Å². The van der Waals surface area contributed by atoms with Gasteiger partial charge in [0.25, 0.3) is 0 Å². The van der Waals surface area contributed by atoms with Gasteiger partial charge in [-0.15, -0.1) is 0 Å². The van der Waals surface area contributed by atoms with Gasteiger partial charge >= 0.3 is 5.97 Å². The molecule has 0 aliphatic carbocycles. The Morgan fingerprint density at radius 1 is 1.06 bits per heavy atom. The number of rotatable bonds is 8. The highest BCUT2D eigenvalue weighted by atomic mass is 16.4. The standard InChI is InChI=1S/C11H20N2O4/c1-8(2)3-4-9(14)13-7-10(15)12-6-5-11(16)17/h8H,3-7H2,1-2H3,(H,12,15)(H,13,14)(H,16,17). The van der Waals surface area contributed by atoms with Crippen LogP contribution in [0.1, 0.15) is 33.1 Å². The van der Waals surface area contributed by atoms with Gasteiger partial charge in [0, 0.05) is 13.0 Å². The second-order valence-electron chi connectivity index (χ2n) is 4.20. The van der Waals surface area contributed by atoms with Gasteiger partial charge in [0.15, 0.2) is 0 Å². The van der Waals surface area contributed by atoms with Crippen molar-refractivity contribution in [1.82, 2.24) is 10.6 Å². The summed E-state index contributed by atoms with van der Waals surface area (Å²) in [5.74, 6) is -1.05. The van der Waals surface area contributed by atoms with E-state index in [0.717, 1.165) is 6.42 Å². The zero-order chi connectivity index (χ0) is 13.3. The van der Waals surface area contributed by atoms with Crippen molar-refractivity contribution in [3.8, 4) is 0 Å². The number of carbonyl (C=O) groups excluding carboxylic acids is 2. The van der Waals surface area contributed by atoms with E-state index >= 15 is 0 Å². The lowest BCUT2D eigenvalue weighted by atomic mass is 10.1. The van der Waals surface area contributed by atoms with Gasteiger partial charge in [0.2, 0.25) is 11.8 Å². The molecule has 2 amide bonds. The Kier molecular flexibility index (Phi) is 7.75. The molecule has 0 atom stereocenters. The van der Waals surface area contributed by atoms with Crippen LogP contribution >= 0.6 is 0 Å². The summed E-state index contributed by atoms with van der Waals surface area (Å²) in [5.41, 5.74) is 0. The number of hydrogen-bond acceptors (Lipinski definition) is 3. The molecule has 17 heavy (non-hydrogen) atoms. The second kappa shape index (κ2) is 8.55. The number of amides is 2. The van der Waals surface area contributed by atoms with Gasteiger partial charge in [-0.2, -0.15) is 0 Å². The van der Waals surface area contributed by atoms with E-state index in [2.05, 4.69) is 10.6 Å². The quantitative estimate of drug-likeness (QED) is 0.565. The molecule has 0 aromatic heterocycles. The molecule has 0 bridgehead atoms. The fourth-order valence-corrected chi connectivity index (χ4v) is 1.06. The van der Waals surface area contributed by atoms with Crippen LogP contribution in [0.3, 0.4) is 0 Å². The minimum atomic E-state index is -0.966. The van der Waals surface area contributed by atoms with Crippen LogP contribution in [0, 0.1) is 5.92 Å². The molecule has 0 aliphatic rings. The molecule has 0 aliphatic heterocycles. The molecule has 0 fully saturated rings. The molecular weight excluding hydrogens is 224 g/mol. The Morgan fingerprint density at radius 2 is 1.71 bits per heavy atom. The first kappa shape index (κ1) is 15.4. The van der Waals surface area contributed by atoms with Gasteiger partial charge in [-0.05, 0) is 12.3 Å². The van der Waals surface area contributed by atoms with E-state index in [9.17, 15) is 14.4 Å². The predicted molar refractivity (Wildman–Crippen MR) is 62.3 cm³/mol. The normalized spacial score (nSPS) is 10.1. The van der Waals surface area contributed by atoms with Crippen LogP contribution in [-0.4, -0.2) is 36.0 Å². The summed E-state index contributed by atoms with van der Waals surface area (Å²) >= 11 is 0. The Balaban J connectivity index is 3.55. The van der Waals surface area contributed by atoms with E-state index in [1.807, 2.05) is 13.8 Å². The molecular formula is C11H20N2O4. The summed E-state index contributed by atoms with van der Waals surface area (Å²) in [6.07, 6.45) is 1.07. The van der Waals surface area contributed by atoms with Crippen LogP contribution in [0.2, 0.25) is 0 Å². The molecule has 98 valence electrons. The number of nitrogens with one attached hydrogen (secondary N) is 2. The van der Waals surface area contributed by atoms with E-state index in [0.29, 0.717) is 12.3 Å². The zero-order valence-electron chi connectivity index (χ0n) is 10.3. The highest BCUT2D eigenvalue weighted by Gasteiger charge is 2.06. The Morgan fingerprint density at radius 3 is 2.24 bits per heavy atom. The van der Waals surface area contributed by atoms with Gasteiger partial charge in [-0.25, -0.2) is 0 Å². The van der Waals surface area contributed by atoms with Crippen LogP contribution in [0.4, 0.5) is 0 Å². The largest absolute Gasteiger partial charge is 0.481 e. The molecule has 3 N–H and O–H groups in total. The molecule has 0 radical (unpaired) electrons. The molecule has 0 saturated carbocycles. The zero-order valence-corrected chi connectivity index (χ0v) is 10.3. The molecule has 0 heterocycles. The number of carbonyl (C=O) groups is 3. The first-order valence-corrected chi connectivity index (χ1v) is 5.67. The van der Waals surface area contributed by atoms with Crippen molar-refractivity contribution in [1.29, 1.82) is 0 Å². The predicted octanol–water partition coefficient (Wildman–Crippen LogP) is 0.130. The minimum absolute atomic E-state index is 0.0794. The summed E-state index contributed by atoms with van der Waals surface area (Å²) in [7, 11) is 0. The molecule has 6 nitrogen and oxygen atoms in total. The van der Waals surface area contributed by atoms with Gasteiger partial charge in [-0.3, -0.25) is 14.4 Å². The summed E-state index contributed by atoms with van der Waals surface area (Å²) in [6.45, 7) is 4.02. The Hall–Kier alpha value is -1.59. The average molecular weight is 244 g/mol. The maximum atomic E-state index is 11.2. The van der Waals surface area contributed by atoms with E-state index in [-0.39, 0.29) is 31.3 Å². The van der Waals surface area contributed by atoms with E-state index in [4.69, 9.17) is 5.11 Å². The first-order valence-electron chi connectivity index (χ1n) is 5.67. The maximum absolute atomic E-state index is 11.2. The minimum Gasteiger partial charge on any atom is -0.481 e.